The van der Waals surface area contributed by atoms with Gasteiger partial charge in [-0.3, -0.25) is 10.1 Å². The summed E-state index contributed by atoms with van der Waals surface area (Å²) in [4.78, 5) is 37.6. The molecule has 0 aliphatic heterocycles. The highest BCUT2D eigenvalue weighted by Crippen LogP contribution is 2.34. The molecule has 1 heterocycles. The van der Waals surface area contributed by atoms with Crippen molar-refractivity contribution in [3.8, 4) is 0 Å². The summed E-state index contributed by atoms with van der Waals surface area (Å²) in [5.74, 6) is -1.65. The van der Waals surface area contributed by atoms with Gasteiger partial charge in [-0.1, -0.05) is 35.9 Å². The molecule has 32 heavy (non-hydrogen) atoms. The third-order valence-electron chi connectivity index (χ3n) is 4.56. The van der Waals surface area contributed by atoms with Crippen LogP contribution in [0.3, 0.4) is 0 Å². The number of ether oxygens (including phenoxy) is 2. The largest absolute Gasteiger partial charge is 0.465 e. The Kier molecular flexibility index (Phi) is 7.44. The molecule has 0 fully saturated rings. The van der Waals surface area contributed by atoms with E-state index in [1.165, 1.54) is 7.11 Å². The first kappa shape index (κ1) is 23.6. The highest BCUT2D eigenvalue weighted by Gasteiger charge is 2.27. The second-order valence-corrected chi connectivity index (χ2v) is 8.36. The average Bonchev–Trinajstić information content (AvgIpc) is 3.08. The molecule has 7 nitrogen and oxygen atoms in total. The SMILES string of the molecule is CCOC(=O)c1c(NC(=S)NC(=O)c2cccc3c(Cl)cccc23)sc(C(=O)OC)c1C. The maximum absolute atomic E-state index is 12.9. The molecule has 166 valence electrons. The van der Waals surface area contributed by atoms with Crippen molar-refractivity contribution in [2.75, 3.05) is 19.0 Å². The highest BCUT2D eigenvalue weighted by atomic mass is 35.5. The summed E-state index contributed by atoms with van der Waals surface area (Å²) in [6, 6.07) is 10.5. The Bertz CT molecular complexity index is 1240. The number of anilines is 1. The Labute approximate surface area is 198 Å². The number of amides is 1. The van der Waals surface area contributed by atoms with Crippen LogP contribution in [0.1, 0.15) is 42.9 Å². The predicted octanol–water partition coefficient (Wildman–Crippen LogP) is 4.95. The minimum Gasteiger partial charge on any atom is -0.465 e. The van der Waals surface area contributed by atoms with Gasteiger partial charge in [-0.2, -0.15) is 0 Å². The lowest BCUT2D eigenvalue weighted by atomic mass is 10.0. The molecule has 0 spiro atoms. The Hall–Kier alpha value is -3.01. The van der Waals surface area contributed by atoms with Gasteiger partial charge in [0.25, 0.3) is 5.91 Å². The minimum atomic E-state index is -0.614. The fourth-order valence-corrected chi connectivity index (χ4v) is 4.73. The van der Waals surface area contributed by atoms with Crippen molar-refractivity contribution in [3.63, 3.8) is 0 Å². The second-order valence-electron chi connectivity index (χ2n) is 6.52. The summed E-state index contributed by atoms with van der Waals surface area (Å²) in [5, 5.41) is 7.60. The number of rotatable bonds is 5. The second kappa shape index (κ2) is 10.1. The van der Waals surface area contributed by atoms with Gasteiger partial charge in [0.1, 0.15) is 9.88 Å². The monoisotopic (exact) mass is 490 g/mol. The molecular formula is C22H19ClN2O5S2. The van der Waals surface area contributed by atoms with Crippen LogP contribution in [0.4, 0.5) is 5.00 Å². The number of esters is 2. The van der Waals surface area contributed by atoms with E-state index in [1.807, 2.05) is 6.07 Å². The molecule has 1 aromatic heterocycles. The lowest BCUT2D eigenvalue weighted by Crippen LogP contribution is -2.34. The fourth-order valence-electron chi connectivity index (χ4n) is 3.11. The number of hydrogen-bond donors (Lipinski definition) is 2. The number of thiophene rings is 1. The van der Waals surface area contributed by atoms with Crippen LogP contribution in [0.2, 0.25) is 5.02 Å². The lowest BCUT2D eigenvalue weighted by Gasteiger charge is -2.12. The number of fused-ring (bicyclic) bond motifs is 1. The topological polar surface area (TPSA) is 93.7 Å². The van der Waals surface area contributed by atoms with Crippen molar-refractivity contribution in [2.24, 2.45) is 0 Å². The molecule has 0 aliphatic rings. The molecule has 0 saturated carbocycles. The molecule has 0 saturated heterocycles. The quantitative estimate of drug-likeness (QED) is 0.386. The Balaban J connectivity index is 1.88. The van der Waals surface area contributed by atoms with E-state index in [1.54, 1.807) is 44.2 Å². The highest BCUT2D eigenvalue weighted by molar-refractivity contribution is 7.80. The minimum absolute atomic E-state index is 0.0442. The zero-order valence-corrected chi connectivity index (χ0v) is 19.8. The third-order valence-corrected chi connectivity index (χ3v) is 6.29. The summed E-state index contributed by atoms with van der Waals surface area (Å²) in [6.07, 6.45) is 0. The molecule has 2 aromatic carbocycles. The first-order valence-corrected chi connectivity index (χ1v) is 11.1. The summed E-state index contributed by atoms with van der Waals surface area (Å²) in [5.41, 5.74) is 0.948. The van der Waals surface area contributed by atoms with Crippen LogP contribution in [0.5, 0.6) is 0 Å². The van der Waals surface area contributed by atoms with Crippen LogP contribution in [-0.2, 0) is 9.47 Å². The smallest absolute Gasteiger partial charge is 0.348 e. The van der Waals surface area contributed by atoms with Gasteiger partial charge in [-0.25, -0.2) is 9.59 Å². The Morgan fingerprint density at radius 2 is 1.78 bits per heavy atom. The molecule has 0 aliphatic carbocycles. The predicted molar refractivity (Wildman–Crippen MR) is 129 cm³/mol. The van der Waals surface area contributed by atoms with Gasteiger partial charge in [0.15, 0.2) is 5.11 Å². The molecule has 2 N–H and O–H groups in total. The maximum atomic E-state index is 12.9. The number of nitrogens with one attached hydrogen (secondary N) is 2. The normalized spacial score (nSPS) is 10.5. The summed E-state index contributed by atoms with van der Waals surface area (Å²) < 4.78 is 9.88. The van der Waals surface area contributed by atoms with Gasteiger partial charge in [-0.05, 0) is 49.1 Å². The molecule has 0 unspecified atom stereocenters. The number of methoxy groups -OCH3 is 1. The van der Waals surface area contributed by atoms with E-state index in [-0.39, 0.29) is 27.2 Å². The van der Waals surface area contributed by atoms with Crippen molar-refractivity contribution in [1.82, 2.24) is 5.32 Å². The number of thiocarbonyl (C=S) groups is 1. The first-order valence-electron chi connectivity index (χ1n) is 9.46. The molecule has 0 radical (unpaired) electrons. The number of carbonyl (C=O) groups excluding carboxylic acids is 3. The van der Waals surface area contributed by atoms with E-state index in [4.69, 9.17) is 33.3 Å². The zero-order valence-electron chi connectivity index (χ0n) is 17.4. The summed E-state index contributed by atoms with van der Waals surface area (Å²) >= 11 is 12.5. The molecule has 0 atom stereocenters. The van der Waals surface area contributed by atoms with Gasteiger partial charge in [-0.15, -0.1) is 11.3 Å². The molecule has 1 amide bonds. The van der Waals surface area contributed by atoms with E-state index in [9.17, 15) is 14.4 Å². The number of carbonyl (C=O) groups is 3. The number of halogens is 1. The van der Waals surface area contributed by atoms with Crippen molar-refractivity contribution in [2.45, 2.75) is 13.8 Å². The van der Waals surface area contributed by atoms with Crippen LogP contribution in [-0.4, -0.2) is 36.7 Å². The molecular weight excluding hydrogens is 472 g/mol. The van der Waals surface area contributed by atoms with Crippen LogP contribution in [0.25, 0.3) is 10.8 Å². The van der Waals surface area contributed by atoms with Gasteiger partial charge >= 0.3 is 11.9 Å². The van der Waals surface area contributed by atoms with Crippen LogP contribution in [0, 0.1) is 6.92 Å². The lowest BCUT2D eigenvalue weighted by molar-refractivity contribution is 0.0527. The van der Waals surface area contributed by atoms with Crippen molar-refractivity contribution >= 4 is 73.9 Å². The zero-order chi connectivity index (χ0) is 23.4. The number of hydrogen-bond acceptors (Lipinski definition) is 7. The van der Waals surface area contributed by atoms with Gasteiger partial charge in [0, 0.05) is 16.0 Å². The van der Waals surface area contributed by atoms with E-state index in [0.717, 1.165) is 16.7 Å². The van der Waals surface area contributed by atoms with Crippen LogP contribution in [0.15, 0.2) is 36.4 Å². The van der Waals surface area contributed by atoms with Crippen molar-refractivity contribution < 1.29 is 23.9 Å². The Morgan fingerprint density at radius 1 is 1.09 bits per heavy atom. The number of benzene rings is 2. The van der Waals surface area contributed by atoms with E-state index < -0.39 is 17.8 Å². The molecule has 3 rings (SSSR count). The molecule has 0 bridgehead atoms. The maximum Gasteiger partial charge on any atom is 0.348 e. The Morgan fingerprint density at radius 3 is 2.47 bits per heavy atom. The summed E-state index contributed by atoms with van der Waals surface area (Å²) in [6.45, 7) is 3.45. The van der Waals surface area contributed by atoms with Crippen molar-refractivity contribution in [3.05, 3.63) is 63.0 Å². The van der Waals surface area contributed by atoms with E-state index >= 15 is 0 Å². The van der Waals surface area contributed by atoms with Gasteiger partial charge in [0.2, 0.25) is 0 Å². The van der Waals surface area contributed by atoms with E-state index in [0.29, 0.717) is 21.5 Å². The van der Waals surface area contributed by atoms with Gasteiger partial charge < -0.3 is 14.8 Å². The first-order chi connectivity index (χ1) is 15.3. The van der Waals surface area contributed by atoms with Gasteiger partial charge in [0.05, 0.1) is 19.3 Å². The van der Waals surface area contributed by atoms with Crippen molar-refractivity contribution in [1.29, 1.82) is 0 Å². The molecule has 10 heteroatoms. The standard InChI is InChI=1S/C22H19ClN2O5S2/c1-4-30-20(27)16-11(2)17(21(28)29-3)32-19(16)25-22(31)24-18(26)14-9-5-8-13-12(14)7-6-10-15(13)23/h5-10H,4H2,1-3H3,(H2,24,25,26,31). The third kappa shape index (κ3) is 4.74. The van der Waals surface area contributed by atoms with E-state index in [2.05, 4.69) is 10.6 Å². The average molecular weight is 491 g/mol. The summed E-state index contributed by atoms with van der Waals surface area (Å²) in [7, 11) is 1.25. The fraction of sp³-hybridized carbons (Fsp3) is 0.182. The van der Waals surface area contributed by atoms with Crippen LogP contribution < -0.4 is 10.6 Å². The van der Waals surface area contributed by atoms with Crippen LogP contribution >= 0.6 is 35.2 Å². The molecule has 3 aromatic rings.